The molecular weight excluding hydrogens is 463 g/mol. The molecule has 4 nitrogen and oxygen atoms in total. The van der Waals surface area contributed by atoms with Gasteiger partial charge in [-0.3, -0.25) is 0 Å². The number of hydrogen-bond donors (Lipinski definition) is 0. The molecule has 0 aliphatic carbocycles. The Morgan fingerprint density at radius 2 is 1.57 bits per heavy atom. The molecule has 4 aromatic rings. The van der Waals surface area contributed by atoms with Gasteiger partial charge in [0.15, 0.2) is 22.3 Å². The molecule has 0 unspecified atom stereocenters. The summed E-state index contributed by atoms with van der Waals surface area (Å²) in [4.78, 5) is 4.29. The summed E-state index contributed by atoms with van der Waals surface area (Å²) in [5.41, 5.74) is 0.521. The van der Waals surface area contributed by atoms with Crippen LogP contribution in [0.25, 0.3) is 26.9 Å². The van der Waals surface area contributed by atoms with Crippen LogP contribution in [0.3, 0.4) is 0 Å². The minimum absolute atomic E-state index is 0.0190. The van der Waals surface area contributed by atoms with E-state index in [0.717, 1.165) is 36.5 Å². The first-order valence-corrected chi connectivity index (χ1v) is 10.3. The maximum atomic E-state index is 13.6. The van der Waals surface area contributed by atoms with E-state index in [1.807, 2.05) is 13.8 Å². The molecule has 0 fully saturated rings. The minimum Gasteiger partial charge on any atom is -0.305 e. The smallest absolute Gasteiger partial charge is 0.271 e. The fraction of sp³-hybridized carbons (Fsp3) is 0.211. The molecule has 0 amide bonds. The zero-order chi connectivity index (χ0) is 22.2. The predicted octanol–water partition coefficient (Wildman–Crippen LogP) is 7.24. The highest BCUT2D eigenvalue weighted by Crippen LogP contribution is 2.36. The summed E-state index contributed by atoms with van der Waals surface area (Å²) in [7, 11) is 0. The van der Waals surface area contributed by atoms with Crippen LogP contribution in [0.15, 0.2) is 30.6 Å². The quantitative estimate of drug-likeness (QED) is 0.231. The van der Waals surface area contributed by atoms with Crippen LogP contribution >= 0.6 is 34.5 Å². The highest BCUT2D eigenvalue weighted by atomic mass is 35.5. The number of nitrogens with zero attached hydrogens (tertiary/aromatic N) is 4. The van der Waals surface area contributed by atoms with Crippen molar-refractivity contribution in [1.82, 2.24) is 19.6 Å². The third kappa shape index (κ3) is 4.28. The van der Waals surface area contributed by atoms with Crippen molar-refractivity contribution in [2.45, 2.75) is 26.7 Å². The van der Waals surface area contributed by atoms with E-state index in [1.54, 1.807) is 0 Å². The second kappa shape index (κ2) is 8.49. The van der Waals surface area contributed by atoms with Gasteiger partial charge in [-0.05, 0) is 18.2 Å². The van der Waals surface area contributed by atoms with Crippen LogP contribution in [0.2, 0.25) is 10.0 Å². The maximum Gasteiger partial charge on any atom is 0.271 e. The van der Waals surface area contributed by atoms with Crippen LogP contribution in [0.5, 0.6) is 0 Å². The Kier molecular flexibility index (Phi) is 6.35. The Morgan fingerprint density at radius 3 is 2.23 bits per heavy atom. The van der Waals surface area contributed by atoms with Crippen molar-refractivity contribution in [3.05, 3.63) is 57.8 Å². The molecule has 0 aliphatic heterocycles. The molecule has 0 atom stereocenters. The first-order valence-electron chi connectivity index (χ1n) is 8.69. The molecule has 3 heterocycles. The van der Waals surface area contributed by atoms with Crippen molar-refractivity contribution in [1.29, 1.82) is 0 Å². The number of halogens is 6. The maximum absolute atomic E-state index is 13.6. The molecule has 0 radical (unpaired) electrons. The normalized spacial score (nSPS) is 11.5. The topological polar surface area (TPSA) is 43.1 Å². The van der Waals surface area contributed by atoms with E-state index in [1.165, 1.54) is 16.8 Å². The number of pyridine rings is 1. The summed E-state index contributed by atoms with van der Waals surface area (Å²) in [6.07, 6.45) is 2.71. The van der Waals surface area contributed by atoms with Gasteiger partial charge in [-0.25, -0.2) is 22.5 Å². The Labute approximate surface area is 183 Å². The minimum atomic E-state index is -3.07. The van der Waals surface area contributed by atoms with Crippen molar-refractivity contribution in [3.63, 3.8) is 0 Å². The summed E-state index contributed by atoms with van der Waals surface area (Å²) in [5, 5.41) is 8.54. The number of alkyl halides is 2. The van der Waals surface area contributed by atoms with Gasteiger partial charge < -0.3 is 4.40 Å². The predicted molar refractivity (Wildman–Crippen MR) is 110 cm³/mol. The Morgan fingerprint density at radius 1 is 0.933 bits per heavy atom. The zero-order valence-electron chi connectivity index (χ0n) is 15.9. The van der Waals surface area contributed by atoms with Crippen molar-refractivity contribution in [2.75, 3.05) is 0 Å². The molecule has 0 spiro atoms. The molecule has 0 bridgehead atoms. The molecule has 3 aromatic heterocycles. The van der Waals surface area contributed by atoms with Gasteiger partial charge in [-0.15, -0.1) is 10.2 Å². The highest BCUT2D eigenvalue weighted by Gasteiger charge is 2.26. The molecule has 158 valence electrons. The third-order valence-corrected chi connectivity index (χ3v) is 5.47. The van der Waals surface area contributed by atoms with Gasteiger partial charge in [-0.2, -0.15) is 0 Å². The number of aromatic nitrogens is 4. The van der Waals surface area contributed by atoms with E-state index in [4.69, 9.17) is 23.2 Å². The molecule has 11 heteroatoms. The highest BCUT2D eigenvalue weighted by molar-refractivity contribution is 7.18. The van der Waals surface area contributed by atoms with E-state index < -0.39 is 17.6 Å². The van der Waals surface area contributed by atoms with Gasteiger partial charge in [0.2, 0.25) is 0 Å². The second-order valence-electron chi connectivity index (χ2n) is 5.98. The lowest BCUT2D eigenvalue weighted by Gasteiger charge is -2.11. The standard InChI is InChI=1S/C17H8Cl2F4N4S.C2H6/c1-17(22,23)7-2-10(19)14-24-13(6-27(14)5-7)16-26-25-15(28-16)8-3-11(20)12(21)4-9(8)18;1-2/h2-6H,1H3;1-2H3. The molecule has 0 saturated heterocycles. The van der Waals surface area contributed by atoms with Crippen LogP contribution < -0.4 is 0 Å². The SMILES string of the molecule is CC.CC(F)(F)c1cc(Cl)c2nc(-c3nnc(-c4cc(F)c(F)cc4Cl)s3)cn2c1. The van der Waals surface area contributed by atoms with Crippen molar-refractivity contribution >= 4 is 40.2 Å². The fourth-order valence-electron chi connectivity index (χ4n) is 2.52. The lowest BCUT2D eigenvalue weighted by molar-refractivity contribution is 0.0170. The summed E-state index contributed by atoms with van der Waals surface area (Å²) in [6.45, 7) is 4.77. The Bertz CT molecular complexity index is 1220. The van der Waals surface area contributed by atoms with Gasteiger partial charge in [0.25, 0.3) is 5.92 Å². The van der Waals surface area contributed by atoms with Crippen LogP contribution in [-0.4, -0.2) is 19.6 Å². The van der Waals surface area contributed by atoms with E-state index >= 15 is 0 Å². The van der Waals surface area contributed by atoms with E-state index in [9.17, 15) is 17.6 Å². The molecule has 0 saturated carbocycles. The van der Waals surface area contributed by atoms with Crippen LogP contribution in [-0.2, 0) is 5.92 Å². The number of rotatable bonds is 3. The fourth-order valence-corrected chi connectivity index (χ4v) is 3.90. The van der Waals surface area contributed by atoms with Crippen molar-refractivity contribution < 1.29 is 17.6 Å². The average molecular weight is 477 g/mol. The van der Waals surface area contributed by atoms with Gasteiger partial charge in [0, 0.05) is 30.4 Å². The Hall–Kier alpha value is -2.23. The van der Waals surface area contributed by atoms with Crippen LogP contribution in [0.4, 0.5) is 17.6 Å². The van der Waals surface area contributed by atoms with E-state index in [-0.39, 0.29) is 31.8 Å². The van der Waals surface area contributed by atoms with Gasteiger partial charge >= 0.3 is 0 Å². The molecule has 1 aromatic carbocycles. The summed E-state index contributed by atoms with van der Waals surface area (Å²) in [5.74, 6) is -5.21. The largest absolute Gasteiger partial charge is 0.305 e. The summed E-state index contributed by atoms with van der Waals surface area (Å²) in [6, 6.07) is 2.93. The Balaban J connectivity index is 0.00000124. The number of fused-ring (bicyclic) bond motifs is 1. The number of hydrogen-bond acceptors (Lipinski definition) is 4. The van der Waals surface area contributed by atoms with Gasteiger partial charge in [0.1, 0.15) is 10.7 Å². The molecule has 0 N–H and O–H groups in total. The van der Waals surface area contributed by atoms with E-state index in [2.05, 4.69) is 15.2 Å². The van der Waals surface area contributed by atoms with Crippen molar-refractivity contribution in [3.8, 4) is 21.3 Å². The zero-order valence-corrected chi connectivity index (χ0v) is 18.2. The first-order chi connectivity index (χ1) is 14.1. The van der Waals surface area contributed by atoms with Crippen molar-refractivity contribution in [2.24, 2.45) is 0 Å². The molecule has 4 rings (SSSR count). The van der Waals surface area contributed by atoms with E-state index in [0.29, 0.717) is 10.7 Å². The van der Waals surface area contributed by atoms with Crippen LogP contribution in [0, 0.1) is 11.6 Å². The average Bonchev–Trinajstić information content (AvgIpc) is 3.32. The third-order valence-electron chi connectivity index (χ3n) is 3.90. The van der Waals surface area contributed by atoms with Gasteiger partial charge in [-0.1, -0.05) is 48.4 Å². The lowest BCUT2D eigenvalue weighted by Crippen LogP contribution is -2.08. The summed E-state index contributed by atoms with van der Waals surface area (Å²) >= 11 is 13.1. The first kappa shape index (κ1) is 22.5. The molecule has 0 aliphatic rings. The summed E-state index contributed by atoms with van der Waals surface area (Å²) < 4.78 is 55.3. The molecular formula is C19H14Cl2F4N4S. The second-order valence-corrected chi connectivity index (χ2v) is 7.77. The monoisotopic (exact) mass is 476 g/mol. The number of imidazole rings is 1. The van der Waals surface area contributed by atoms with Crippen LogP contribution in [0.1, 0.15) is 26.3 Å². The number of benzene rings is 1. The molecule has 30 heavy (non-hydrogen) atoms. The lowest BCUT2D eigenvalue weighted by atomic mass is 10.2. The van der Waals surface area contributed by atoms with Gasteiger partial charge in [0.05, 0.1) is 10.0 Å².